The molecule has 0 radical (unpaired) electrons. The molecule has 0 fully saturated rings. The van der Waals surface area contributed by atoms with Crippen LogP contribution in [0.4, 0.5) is 0 Å². The molecule has 6 nitrogen and oxygen atoms in total. The molecule has 3 aromatic rings. The largest absolute Gasteiger partial charge is 0.504 e. The van der Waals surface area contributed by atoms with Gasteiger partial charge in [-0.25, -0.2) is 0 Å². The van der Waals surface area contributed by atoms with Crippen LogP contribution in [0.2, 0.25) is 0 Å². The van der Waals surface area contributed by atoms with E-state index in [4.69, 9.17) is 13.9 Å². The van der Waals surface area contributed by atoms with Crippen molar-refractivity contribution < 1.29 is 24.1 Å². The Morgan fingerprint density at radius 3 is 2.28 bits per heavy atom. The van der Waals surface area contributed by atoms with Gasteiger partial charge in [-0.15, -0.1) is 0 Å². The number of fused-ring (bicyclic) bond motifs is 1. The van der Waals surface area contributed by atoms with Crippen molar-refractivity contribution in [2.24, 2.45) is 0 Å². The zero-order valence-corrected chi connectivity index (χ0v) is 14.3. The van der Waals surface area contributed by atoms with E-state index in [0.29, 0.717) is 44.9 Å². The van der Waals surface area contributed by atoms with Gasteiger partial charge in [0.1, 0.15) is 28.2 Å². The van der Waals surface area contributed by atoms with Crippen LogP contribution in [-0.2, 0) is 0 Å². The molecule has 0 aliphatic heterocycles. The van der Waals surface area contributed by atoms with Crippen LogP contribution in [0.3, 0.4) is 0 Å². The Balaban J connectivity index is 2.40. The number of aromatic hydroxyl groups is 2. The van der Waals surface area contributed by atoms with E-state index in [-0.39, 0.29) is 16.9 Å². The van der Waals surface area contributed by atoms with Crippen LogP contribution in [-0.4, -0.2) is 24.4 Å². The van der Waals surface area contributed by atoms with Crippen LogP contribution >= 0.6 is 0 Å². The SMILES string of the molecule is COc1cc2oc(-c3ccc(O)c(O)c3)c(C)c(=O)c2c(OC)c1C. The molecule has 0 unspecified atom stereocenters. The predicted octanol–water partition coefficient (Wildman–Crippen LogP) is 3.51. The highest BCUT2D eigenvalue weighted by molar-refractivity contribution is 5.89. The van der Waals surface area contributed by atoms with Gasteiger partial charge in [0, 0.05) is 22.8 Å². The standard InChI is InChI=1S/C19H18O6/c1-9-14(23-3)8-15-16(19(9)24-4)17(22)10(2)18(25-15)11-5-6-12(20)13(21)7-11/h5-8,20-21H,1-4H3. The van der Waals surface area contributed by atoms with E-state index >= 15 is 0 Å². The molecule has 130 valence electrons. The lowest BCUT2D eigenvalue weighted by Gasteiger charge is -2.14. The van der Waals surface area contributed by atoms with Gasteiger partial charge in [-0.05, 0) is 32.0 Å². The quantitative estimate of drug-likeness (QED) is 0.708. The molecule has 25 heavy (non-hydrogen) atoms. The lowest BCUT2D eigenvalue weighted by atomic mass is 10.0. The number of methoxy groups -OCH3 is 2. The summed E-state index contributed by atoms with van der Waals surface area (Å²) in [5.41, 5.74) is 1.65. The number of benzene rings is 2. The Hall–Kier alpha value is -3.15. The number of phenolic OH excluding ortho intramolecular Hbond substituents is 2. The topological polar surface area (TPSA) is 89.1 Å². The molecule has 0 saturated heterocycles. The molecule has 0 spiro atoms. The minimum atomic E-state index is -0.293. The van der Waals surface area contributed by atoms with Crippen LogP contribution in [0.1, 0.15) is 11.1 Å². The van der Waals surface area contributed by atoms with Crippen molar-refractivity contribution in [3.05, 3.63) is 45.6 Å². The van der Waals surface area contributed by atoms with Crippen LogP contribution in [0, 0.1) is 13.8 Å². The minimum Gasteiger partial charge on any atom is -0.504 e. The lowest BCUT2D eigenvalue weighted by molar-refractivity contribution is 0.390. The summed E-state index contributed by atoms with van der Waals surface area (Å²) in [6.45, 7) is 3.45. The zero-order chi connectivity index (χ0) is 18.3. The molecule has 0 atom stereocenters. The minimum absolute atomic E-state index is 0.230. The molecular weight excluding hydrogens is 324 g/mol. The van der Waals surface area contributed by atoms with Gasteiger partial charge in [0.2, 0.25) is 0 Å². The van der Waals surface area contributed by atoms with Gasteiger partial charge in [0.25, 0.3) is 0 Å². The summed E-state index contributed by atoms with van der Waals surface area (Å²) in [7, 11) is 3.01. The molecule has 0 amide bonds. The van der Waals surface area contributed by atoms with Gasteiger partial charge in [-0.2, -0.15) is 0 Å². The van der Waals surface area contributed by atoms with Crippen LogP contribution in [0.25, 0.3) is 22.3 Å². The highest BCUT2D eigenvalue weighted by atomic mass is 16.5. The third-order valence-corrected chi connectivity index (χ3v) is 4.23. The molecule has 6 heteroatoms. The molecule has 0 aliphatic carbocycles. The summed E-state index contributed by atoms with van der Waals surface area (Å²) in [6.07, 6.45) is 0. The number of phenols is 2. The van der Waals surface area contributed by atoms with Crippen molar-refractivity contribution in [1.29, 1.82) is 0 Å². The number of ether oxygens (including phenoxy) is 2. The Kier molecular flexibility index (Phi) is 4.04. The Labute approximate surface area is 143 Å². The van der Waals surface area contributed by atoms with Gasteiger partial charge in [-0.3, -0.25) is 4.79 Å². The summed E-state index contributed by atoms with van der Waals surface area (Å²) >= 11 is 0. The molecule has 0 bridgehead atoms. The fourth-order valence-electron chi connectivity index (χ4n) is 2.89. The first-order chi connectivity index (χ1) is 11.9. The zero-order valence-electron chi connectivity index (χ0n) is 14.3. The summed E-state index contributed by atoms with van der Waals surface area (Å²) in [6, 6.07) is 5.88. The Morgan fingerprint density at radius 2 is 1.68 bits per heavy atom. The second-order valence-electron chi connectivity index (χ2n) is 5.70. The fraction of sp³-hybridized carbons (Fsp3) is 0.211. The number of hydrogen-bond acceptors (Lipinski definition) is 6. The molecule has 1 heterocycles. The maximum atomic E-state index is 12.9. The predicted molar refractivity (Wildman–Crippen MR) is 93.8 cm³/mol. The van der Waals surface area contributed by atoms with E-state index in [1.54, 1.807) is 26.0 Å². The highest BCUT2D eigenvalue weighted by Gasteiger charge is 2.20. The van der Waals surface area contributed by atoms with E-state index in [1.165, 1.54) is 26.4 Å². The molecule has 2 aromatic carbocycles. The molecular formula is C19H18O6. The first kappa shape index (κ1) is 16.7. The second kappa shape index (κ2) is 6.05. The van der Waals surface area contributed by atoms with Crippen LogP contribution < -0.4 is 14.9 Å². The van der Waals surface area contributed by atoms with Crippen LogP contribution in [0.15, 0.2) is 33.5 Å². The smallest absolute Gasteiger partial charge is 0.199 e. The summed E-state index contributed by atoms with van der Waals surface area (Å²) in [5, 5.41) is 19.5. The van der Waals surface area contributed by atoms with E-state index < -0.39 is 0 Å². The molecule has 2 N–H and O–H groups in total. The van der Waals surface area contributed by atoms with Gasteiger partial charge in [-0.1, -0.05) is 0 Å². The fourth-order valence-corrected chi connectivity index (χ4v) is 2.89. The van der Waals surface area contributed by atoms with E-state index in [2.05, 4.69) is 0 Å². The average Bonchev–Trinajstić information content (AvgIpc) is 2.60. The van der Waals surface area contributed by atoms with Crippen molar-refractivity contribution >= 4 is 11.0 Å². The normalized spacial score (nSPS) is 10.9. The maximum Gasteiger partial charge on any atom is 0.199 e. The summed E-state index contributed by atoms with van der Waals surface area (Å²) in [4.78, 5) is 12.9. The summed E-state index contributed by atoms with van der Waals surface area (Å²) in [5.74, 6) is 0.713. The maximum absolute atomic E-state index is 12.9. The monoisotopic (exact) mass is 342 g/mol. The van der Waals surface area contributed by atoms with E-state index in [9.17, 15) is 15.0 Å². The molecule has 0 aliphatic rings. The molecule has 3 rings (SSSR count). The van der Waals surface area contributed by atoms with Gasteiger partial charge >= 0.3 is 0 Å². The highest BCUT2D eigenvalue weighted by Crippen LogP contribution is 2.38. The Morgan fingerprint density at radius 1 is 0.960 bits per heavy atom. The Bertz CT molecular complexity index is 1030. The summed E-state index contributed by atoms with van der Waals surface area (Å²) < 4.78 is 16.7. The van der Waals surface area contributed by atoms with Gasteiger partial charge < -0.3 is 24.1 Å². The van der Waals surface area contributed by atoms with Crippen molar-refractivity contribution in [1.82, 2.24) is 0 Å². The first-order valence-corrected chi connectivity index (χ1v) is 7.60. The lowest BCUT2D eigenvalue weighted by Crippen LogP contribution is -2.10. The first-order valence-electron chi connectivity index (χ1n) is 7.60. The second-order valence-corrected chi connectivity index (χ2v) is 5.70. The average molecular weight is 342 g/mol. The van der Waals surface area contributed by atoms with E-state index in [1.807, 2.05) is 0 Å². The van der Waals surface area contributed by atoms with Crippen LogP contribution in [0.5, 0.6) is 23.0 Å². The van der Waals surface area contributed by atoms with Gasteiger partial charge in [0.15, 0.2) is 16.9 Å². The number of rotatable bonds is 3. The van der Waals surface area contributed by atoms with Crippen molar-refractivity contribution in [2.75, 3.05) is 14.2 Å². The van der Waals surface area contributed by atoms with Crippen molar-refractivity contribution in [2.45, 2.75) is 13.8 Å². The molecule has 0 saturated carbocycles. The third kappa shape index (κ3) is 2.55. The molecule has 1 aromatic heterocycles. The van der Waals surface area contributed by atoms with Gasteiger partial charge in [0.05, 0.1) is 14.2 Å². The van der Waals surface area contributed by atoms with Crippen molar-refractivity contribution in [3.63, 3.8) is 0 Å². The van der Waals surface area contributed by atoms with E-state index in [0.717, 1.165) is 0 Å². The van der Waals surface area contributed by atoms with Crippen molar-refractivity contribution in [3.8, 4) is 34.3 Å². The number of hydrogen-bond donors (Lipinski definition) is 2. The third-order valence-electron chi connectivity index (χ3n) is 4.23.